The molecule has 2 heterocycles. The molecule has 0 bridgehead atoms. The van der Waals surface area contributed by atoms with Gasteiger partial charge in [-0.1, -0.05) is 0 Å². The Morgan fingerprint density at radius 1 is 1.35 bits per heavy atom. The van der Waals surface area contributed by atoms with Crippen LogP contribution >= 0.6 is 11.8 Å². The Balaban J connectivity index is 2.41. The molecule has 3 N–H and O–H groups in total. The van der Waals surface area contributed by atoms with Gasteiger partial charge in [-0.25, -0.2) is 9.78 Å². The first-order chi connectivity index (χ1) is 9.38. The zero-order chi connectivity index (χ0) is 14.9. The summed E-state index contributed by atoms with van der Waals surface area (Å²) < 4.78 is 5.13. The van der Waals surface area contributed by atoms with Gasteiger partial charge >= 0.3 is 5.97 Å². The molecule has 20 heavy (non-hydrogen) atoms. The van der Waals surface area contributed by atoms with Gasteiger partial charge in [-0.15, -0.1) is 0 Å². The molecule has 0 saturated heterocycles. The summed E-state index contributed by atoms with van der Waals surface area (Å²) in [6.45, 7) is 3.57. The Kier molecular flexibility index (Phi) is 3.80. The van der Waals surface area contributed by atoms with E-state index in [2.05, 4.69) is 4.98 Å². The molecule has 0 fully saturated rings. The summed E-state index contributed by atoms with van der Waals surface area (Å²) in [7, 11) is 0. The van der Waals surface area contributed by atoms with Crippen molar-refractivity contribution < 1.29 is 19.1 Å². The highest BCUT2D eigenvalue weighted by Gasteiger charge is 2.17. The minimum atomic E-state index is -1.15. The molecule has 0 unspecified atom stereocenters. The lowest BCUT2D eigenvalue weighted by molar-refractivity contribution is 0.0656. The summed E-state index contributed by atoms with van der Waals surface area (Å²) in [5.41, 5.74) is 7.13. The summed E-state index contributed by atoms with van der Waals surface area (Å²) in [4.78, 5) is 26.5. The number of carboxylic acids is 1. The van der Waals surface area contributed by atoms with Crippen molar-refractivity contribution in [2.45, 2.75) is 24.0 Å². The molecule has 0 aliphatic carbocycles. The molecular weight excluding hydrogens is 280 g/mol. The average molecular weight is 292 g/mol. The van der Waals surface area contributed by atoms with Crippen LogP contribution in [0.25, 0.3) is 0 Å². The molecule has 2 aromatic rings. The number of primary amides is 1. The zero-order valence-electron chi connectivity index (χ0n) is 10.8. The van der Waals surface area contributed by atoms with Crippen molar-refractivity contribution in [1.82, 2.24) is 4.98 Å². The number of nitrogens with two attached hydrogens (primary N) is 1. The lowest BCUT2D eigenvalue weighted by Crippen LogP contribution is -2.15. The van der Waals surface area contributed by atoms with Gasteiger partial charge in [0.15, 0.2) is 5.09 Å². The van der Waals surface area contributed by atoms with Crippen LogP contribution in [-0.4, -0.2) is 22.0 Å². The number of pyridine rings is 1. The first kappa shape index (κ1) is 14.1. The van der Waals surface area contributed by atoms with E-state index < -0.39 is 11.9 Å². The molecule has 0 aliphatic heterocycles. The van der Waals surface area contributed by atoms with E-state index in [9.17, 15) is 9.59 Å². The van der Waals surface area contributed by atoms with Crippen LogP contribution in [-0.2, 0) is 0 Å². The van der Waals surface area contributed by atoms with Crippen LogP contribution in [0.5, 0.6) is 0 Å². The van der Waals surface area contributed by atoms with Gasteiger partial charge in [0.2, 0.25) is 5.76 Å². The first-order valence-electron chi connectivity index (χ1n) is 5.67. The van der Waals surface area contributed by atoms with Gasteiger partial charge in [-0.3, -0.25) is 4.79 Å². The number of carbonyl (C=O) groups is 2. The fourth-order valence-electron chi connectivity index (χ4n) is 1.76. The van der Waals surface area contributed by atoms with Crippen molar-refractivity contribution in [1.29, 1.82) is 0 Å². The maximum absolute atomic E-state index is 11.5. The monoisotopic (exact) mass is 292 g/mol. The number of furan rings is 1. The molecule has 0 aromatic carbocycles. The third-order valence-electron chi connectivity index (χ3n) is 2.55. The highest BCUT2D eigenvalue weighted by atomic mass is 32.2. The van der Waals surface area contributed by atoms with Crippen molar-refractivity contribution in [2.24, 2.45) is 5.73 Å². The van der Waals surface area contributed by atoms with Gasteiger partial charge in [0.05, 0.1) is 5.56 Å². The number of carbonyl (C=O) groups excluding carboxylic acids is 1. The minimum Gasteiger partial charge on any atom is -0.475 e. The van der Waals surface area contributed by atoms with Crippen LogP contribution < -0.4 is 5.73 Å². The molecule has 7 heteroatoms. The first-order valence-corrected chi connectivity index (χ1v) is 6.49. The number of aromatic carboxylic acids is 1. The number of hydrogen-bond acceptors (Lipinski definition) is 5. The topological polar surface area (TPSA) is 106 Å². The third-order valence-corrected chi connectivity index (χ3v) is 3.46. The van der Waals surface area contributed by atoms with Gasteiger partial charge in [0.1, 0.15) is 5.03 Å². The number of aryl methyl sites for hydroxylation is 2. The fraction of sp³-hybridized carbons (Fsp3) is 0.154. The smallest absolute Gasteiger partial charge is 0.371 e. The number of carboxylic acid groups (broad SMARTS) is 1. The lowest BCUT2D eigenvalue weighted by Gasteiger charge is -2.08. The highest BCUT2D eigenvalue weighted by Crippen LogP contribution is 2.31. The van der Waals surface area contributed by atoms with Crippen molar-refractivity contribution >= 4 is 23.6 Å². The molecule has 0 atom stereocenters. The fourth-order valence-corrected chi connectivity index (χ4v) is 2.77. The number of hydrogen-bond donors (Lipinski definition) is 2. The van der Waals surface area contributed by atoms with Crippen molar-refractivity contribution in [3.63, 3.8) is 0 Å². The van der Waals surface area contributed by atoms with E-state index in [0.717, 1.165) is 23.0 Å². The second-order valence-electron chi connectivity index (χ2n) is 4.15. The second-order valence-corrected chi connectivity index (χ2v) is 5.14. The SMILES string of the molecule is Cc1cc(C)c(C(N)=O)c(Sc2ccc(C(=O)O)o2)n1. The standard InChI is InChI=1S/C13H12N2O4S/c1-6-5-7(2)15-12(10(6)11(14)16)20-9-4-3-8(19-9)13(17)18/h3-5H,1-2H3,(H2,14,16)(H,17,18). The van der Waals surface area contributed by atoms with Crippen LogP contribution in [0.2, 0.25) is 0 Å². The molecule has 0 aliphatic rings. The predicted molar refractivity (Wildman–Crippen MR) is 72.0 cm³/mol. The molecule has 6 nitrogen and oxygen atoms in total. The van der Waals surface area contributed by atoms with E-state index >= 15 is 0 Å². The molecule has 104 valence electrons. The Morgan fingerprint density at radius 3 is 2.60 bits per heavy atom. The minimum absolute atomic E-state index is 0.169. The molecule has 1 amide bonds. The maximum Gasteiger partial charge on any atom is 0.371 e. The van der Waals surface area contributed by atoms with E-state index in [1.165, 1.54) is 12.1 Å². The zero-order valence-corrected chi connectivity index (χ0v) is 11.7. The quantitative estimate of drug-likeness (QED) is 0.895. The Hall–Kier alpha value is -2.28. The van der Waals surface area contributed by atoms with Gasteiger partial charge in [-0.05, 0) is 49.4 Å². The third kappa shape index (κ3) is 2.83. The van der Waals surface area contributed by atoms with Crippen molar-refractivity contribution in [3.05, 3.63) is 40.8 Å². The van der Waals surface area contributed by atoms with Crippen LogP contribution in [0, 0.1) is 13.8 Å². The highest BCUT2D eigenvalue weighted by molar-refractivity contribution is 7.99. The number of amides is 1. The van der Waals surface area contributed by atoms with Gasteiger partial charge in [0, 0.05) is 5.69 Å². The van der Waals surface area contributed by atoms with Crippen LogP contribution in [0.3, 0.4) is 0 Å². The summed E-state index contributed by atoms with van der Waals surface area (Å²) in [5.74, 6) is -1.90. The van der Waals surface area contributed by atoms with E-state index in [4.69, 9.17) is 15.3 Å². The number of rotatable bonds is 4. The summed E-state index contributed by atoms with van der Waals surface area (Å²) >= 11 is 1.07. The molecule has 0 radical (unpaired) electrons. The molecule has 2 aromatic heterocycles. The molecule has 0 saturated carbocycles. The Bertz CT molecular complexity index is 694. The van der Waals surface area contributed by atoms with Gasteiger partial charge in [0.25, 0.3) is 5.91 Å². The average Bonchev–Trinajstić information content (AvgIpc) is 2.75. The largest absolute Gasteiger partial charge is 0.475 e. The normalized spacial score (nSPS) is 10.5. The Morgan fingerprint density at radius 2 is 2.05 bits per heavy atom. The number of aromatic nitrogens is 1. The summed E-state index contributed by atoms with van der Waals surface area (Å²) in [5, 5.41) is 9.54. The molecule has 0 spiro atoms. The van der Waals surface area contributed by atoms with E-state index in [-0.39, 0.29) is 5.76 Å². The van der Waals surface area contributed by atoms with Crippen LogP contribution in [0.1, 0.15) is 32.2 Å². The van der Waals surface area contributed by atoms with E-state index in [0.29, 0.717) is 15.7 Å². The summed E-state index contributed by atoms with van der Waals surface area (Å²) in [6, 6.07) is 4.62. The maximum atomic E-state index is 11.5. The molecule has 2 rings (SSSR count). The van der Waals surface area contributed by atoms with Crippen LogP contribution in [0.15, 0.2) is 32.7 Å². The predicted octanol–water partition coefficient (Wildman–Crippen LogP) is 2.24. The van der Waals surface area contributed by atoms with E-state index in [1.54, 1.807) is 19.9 Å². The summed E-state index contributed by atoms with van der Waals surface area (Å²) in [6.07, 6.45) is 0. The van der Waals surface area contributed by atoms with E-state index in [1.807, 2.05) is 0 Å². The van der Waals surface area contributed by atoms with Crippen molar-refractivity contribution in [3.8, 4) is 0 Å². The molecular formula is C13H12N2O4S. The van der Waals surface area contributed by atoms with Gasteiger partial charge in [-0.2, -0.15) is 0 Å². The lowest BCUT2D eigenvalue weighted by atomic mass is 10.1. The van der Waals surface area contributed by atoms with Crippen LogP contribution in [0.4, 0.5) is 0 Å². The second kappa shape index (κ2) is 5.38. The van der Waals surface area contributed by atoms with Crippen molar-refractivity contribution in [2.75, 3.05) is 0 Å². The Labute approximate surface area is 119 Å². The van der Waals surface area contributed by atoms with Gasteiger partial charge < -0.3 is 15.3 Å². The number of nitrogens with zero attached hydrogens (tertiary/aromatic N) is 1.